The number of rotatable bonds is 6. The summed E-state index contributed by atoms with van der Waals surface area (Å²) in [6.45, 7) is 5.34. The van der Waals surface area contributed by atoms with Crippen molar-refractivity contribution in [3.8, 4) is 0 Å². The monoisotopic (exact) mass is 344 g/mol. The molecule has 0 saturated carbocycles. The lowest BCUT2D eigenvalue weighted by molar-refractivity contribution is 0.537. The van der Waals surface area contributed by atoms with Gasteiger partial charge in [0.2, 0.25) is 0 Å². The zero-order valence-electron chi connectivity index (χ0n) is 10.6. The number of halogens is 1. The minimum absolute atomic E-state index is 0.392. The highest BCUT2D eigenvalue weighted by Gasteiger charge is 2.16. The maximum Gasteiger partial charge on any atom is 0.0798 e. The molecule has 2 heterocycles. The number of nitrogens with one attached hydrogen (secondary N) is 1. The average Bonchev–Trinajstić information content (AvgIpc) is 2.93. The molecule has 0 spiro atoms. The summed E-state index contributed by atoms with van der Waals surface area (Å²) in [5.41, 5.74) is 3.10. The number of hydrogen-bond donors (Lipinski definition) is 1. The molecule has 1 unspecified atom stereocenters. The Morgan fingerprint density at radius 3 is 2.83 bits per heavy atom. The van der Waals surface area contributed by atoms with Crippen molar-refractivity contribution < 1.29 is 0 Å². The molecular formula is C13H17BrN2S2. The predicted molar refractivity (Wildman–Crippen MR) is 83.6 cm³/mol. The van der Waals surface area contributed by atoms with E-state index in [1.54, 1.807) is 11.3 Å². The van der Waals surface area contributed by atoms with E-state index in [1.807, 2.05) is 16.8 Å². The van der Waals surface area contributed by atoms with Crippen LogP contribution in [0.15, 0.2) is 21.4 Å². The molecule has 0 aromatic carbocycles. The van der Waals surface area contributed by atoms with Crippen molar-refractivity contribution in [2.24, 2.45) is 0 Å². The van der Waals surface area contributed by atoms with E-state index in [1.165, 1.54) is 13.5 Å². The molecule has 0 saturated heterocycles. The number of thiazole rings is 1. The summed E-state index contributed by atoms with van der Waals surface area (Å²) in [6, 6.07) is 4.71. The van der Waals surface area contributed by atoms with Crippen LogP contribution in [0.4, 0.5) is 0 Å². The smallest absolute Gasteiger partial charge is 0.0798 e. The summed E-state index contributed by atoms with van der Waals surface area (Å²) in [5.74, 6) is 0. The third-order valence-corrected chi connectivity index (χ3v) is 5.46. The maximum absolute atomic E-state index is 4.37. The van der Waals surface area contributed by atoms with Gasteiger partial charge in [-0.3, -0.25) is 0 Å². The van der Waals surface area contributed by atoms with E-state index in [9.17, 15) is 0 Å². The largest absolute Gasteiger partial charge is 0.309 e. The second-order valence-corrected chi connectivity index (χ2v) is 7.65. The van der Waals surface area contributed by atoms with Crippen LogP contribution in [0.1, 0.15) is 34.8 Å². The van der Waals surface area contributed by atoms with Crippen LogP contribution in [0.25, 0.3) is 0 Å². The van der Waals surface area contributed by atoms with Crippen molar-refractivity contribution in [1.29, 1.82) is 0 Å². The fourth-order valence-corrected chi connectivity index (χ4v) is 4.29. The van der Waals surface area contributed by atoms with Crippen LogP contribution in [0, 0.1) is 6.92 Å². The van der Waals surface area contributed by atoms with E-state index in [4.69, 9.17) is 0 Å². The highest BCUT2D eigenvalue weighted by atomic mass is 79.9. The van der Waals surface area contributed by atoms with Crippen molar-refractivity contribution >= 4 is 38.6 Å². The molecule has 0 bridgehead atoms. The first-order valence-electron chi connectivity index (χ1n) is 6.08. The van der Waals surface area contributed by atoms with Gasteiger partial charge in [0.1, 0.15) is 0 Å². The van der Waals surface area contributed by atoms with E-state index in [2.05, 4.69) is 52.2 Å². The first-order valence-corrected chi connectivity index (χ1v) is 8.57. The van der Waals surface area contributed by atoms with Gasteiger partial charge in [0.25, 0.3) is 0 Å². The standard InChI is InChI=1S/C13H17BrN2S2/c1-3-6-15-11(13-9(2)16-8-17-13)7-10-4-5-12(14)18-10/h4-5,8,11,15H,3,6-7H2,1-2H3. The summed E-state index contributed by atoms with van der Waals surface area (Å²) < 4.78 is 1.20. The summed E-state index contributed by atoms with van der Waals surface area (Å²) >= 11 is 7.09. The lowest BCUT2D eigenvalue weighted by Crippen LogP contribution is -2.23. The molecule has 0 radical (unpaired) electrons. The molecule has 0 aliphatic heterocycles. The molecule has 2 aromatic heterocycles. The molecule has 2 aromatic rings. The Bertz CT molecular complexity index is 493. The number of aryl methyl sites for hydroxylation is 1. The zero-order valence-corrected chi connectivity index (χ0v) is 13.8. The Labute approximate surface area is 125 Å². The summed E-state index contributed by atoms with van der Waals surface area (Å²) in [5, 5.41) is 3.63. The number of thiophene rings is 1. The van der Waals surface area contributed by atoms with Gasteiger partial charge >= 0.3 is 0 Å². The molecule has 2 rings (SSSR count). The van der Waals surface area contributed by atoms with Gasteiger partial charge < -0.3 is 5.32 Å². The molecule has 5 heteroatoms. The Morgan fingerprint density at radius 1 is 1.44 bits per heavy atom. The van der Waals surface area contributed by atoms with Crippen molar-refractivity contribution in [1.82, 2.24) is 10.3 Å². The van der Waals surface area contributed by atoms with Crippen molar-refractivity contribution in [2.45, 2.75) is 32.7 Å². The van der Waals surface area contributed by atoms with Crippen molar-refractivity contribution in [3.63, 3.8) is 0 Å². The zero-order chi connectivity index (χ0) is 13.0. The Morgan fingerprint density at radius 2 is 2.28 bits per heavy atom. The van der Waals surface area contributed by atoms with E-state index in [-0.39, 0.29) is 0 Å². The molecule has 98 valence electrons. The summed E-state index contributed by atoms with van der Waals surface area (Å²) in [4.78, 5) is 7.14. The number of aromatic nitrogens is 1. The predicted octanol–water partition coefficient (Wildman–Crippen LogP) is 4.56. The second-order valence-electron chi connectivity index (χ2n) is 4.22. The number of nitrogens with zero attached hydrogens (tertiary/aromatic N) is 1. The highest BCUT2D eigenvalue weighted by Crippen LogP contribution is 2.29. The van der Waals surface area contributed by atoms with Crippen LogP contribution in [-0.4, -0.2) is 11.5 Å². The van der Waals surface area contributed by atoms with E-state index in [0.717, 1.165) is 25.1 Å². The minimum atomic E-state index is 0.392. The number of hydrogen-bond acceptors (Lipinski definition) is 4. The van der Waals surface area contributed by atoms with Gasteiger partial charge in [-0.2, -0.15) is 0 Å². The normalized spacial score (nSPS) is 12.8. The molecule has 0 amide bonds. The molecule has 0 fully saturated rings. The van der Waals surface area contributed by atoms with Crippen LogP contribution in [0.2, 0.25) is 0 Å². The molecule has 18 heavy (non-hydrogen) atoms. The molecule has 1 N–H and O–H groups in total. The highest BCUT2D eigenvalue weighted by molar-refractivity contribution is 9.11. The molecule has 1 atom stereocenters. The Balaban J connectivity index is 2.12. The van der Waals surface area contributed by atoms with Crippen LogP contribution in [-0.2, 0) is 6.42 Å². The lowest BCUT2D eigenvalue weighted by Gasteiger charge is -2.17. The SMILES string of the molecule is CCCNC(Cc1ccc(Br)s1)c1scnc1C. The van der Waals surface area contributed by atoms with Crippen LogP contribution >= 0.6 is 38.6 Å². The maximum atomic E-state index is 4.37. The molecular weight excluding hydrogens is 328 g/mol. The fraction of sp³-hybridized carbons (Fsp3) is 0.462. The van der Waals surface area contributed by atoms with Gasteiger partial charge in [0.05, 0.1) is 15.0 Å². The molecule has 0 aliphatic rings. The second kappa shape index (κ2) is 6.80. The third kappa shape index (κ3) is 3.63. The molecule has 0 aliphatic carbocycles. The lowest BCUT2D eigenvalue weighted by atomic mass is 10.1. The van der Waals surface area contributed by atoms with E-state index in [0.29, 0.717) is 6.04 Å². The van der Waals surface area contributed by atoms with Crippen LogP contribution in [0.5, 0.6) is 0 Å². The average molecular weight is 345 g/mol. The van der Waals surface area contributed by atoms with Crippen LogP contribution < -0.4 is 5.32 Å². The summed E-state index contributed by atoms with van der Waals surface area (Å²) in [6.07, 6.45) is 2.20. The van der Waals surface area contributed by atoms with Gasteiger partial charge in [-0.25, -0.2) is 4.98 Å². The first kappa shape index (κ1) is 14.2. The van der Waals surface area contributed by atoms with Gasteiger partial charge in [0, 0.05) is 22.2 Å². The quantitative estimate of drug-likeness (QED) is 0.830. The topological polar surface area (TPSA) is 24.9 Å². The fourth-order valence-electron chi connectivity index (χ4n) is 1.88. The van der Waals surface area contributed by atoms with Gasteiger partial charge in [0.15, 0.2) is 0 Å². The third-order valence-electron chi connectivity index (χ3n) is 2.77. The first-order chi connectivity index (χ1) is 8.70. The van der Waals surface area contributed by atoms with E-state index >= 15 is 0 Å². The van der Waals surface area contributed by atoms with Crippen molar-refractivity contribution in [3.05, 3.63) is 36.9 Å². The minimum Gasteiger partial charge on any atom is -0.309 e. The molecule has 2 nitrogen and oxygen atoms in total. The van der Waals surface area contributed by atoms with Crippen LogP contribution in [0.3, 0.4) is 0 Å². The summed E-state index contributed by atoms with van der Waals surface area (Å²) in [7, 11) is 0. The van der Waals surface area contributed by atoms with Crippen molar-refractivity contribution in [2.75, 3.05) is 6.54 Å². The van der Waals surface area contributed by atoms with Gasteiger partial charge in [-0.1, -0.05) is 6.92 Å². The van der Waals surface area contributed by atoms with Gasteiger partial charge in [-0.15, -0.1) is 22.7 Å². The van der Waals surface area contributed by atoms with E-state index < -0.39 is 0 Å². The Kier molecular flexibility index (Phi) is 5.36. The Hall–Kier alpha value is -0.230. The van der Waals surface area contributed by atoms with Gasteiger partial charge in [-0.05, 0) is 48.0 Å².